The molecule has 1 N–H and O–H groups in total. The maximum Gasteiger partial charge on any atom is 0.415 e. The normalized spacial score (nSPS) is 20.5. The zero-order chi connectivity index (χ0) is 19.0. The minimum Gasteiger partial charge on any atom is -0.447 e. The van der Waals surface area contributed by atoms with E-state index in [1.807, 2.05) is 0 Å². The number of hydrogen-bond donors (Lipinski definition) is 1. The number of amides is 1. The molecule has 1 aliphatic carbocycles. The molecule has 1 aliphatic heterocycles. The minimum absolute atomic E-state index is 0.0108. The molecule has 2 atom stereocenters. The molecule has 0 aromatic carbocycles. The number of ether oxygens (including phenoxy) is 1. The Labute approximate surface area is 163 Å². The zero-order valence-electron chi connectivity index (χ0n) is 15.9. The van der Waals surface area contributed by atoms with Gasteiger partial charge in [0.15, 0.2) is 0 Å². The monoisotopic (exact) mass is 387 g/mol. The number of nitrogens with one attached hydrogen (secondary N) is 1. The summed E-state index contributed by atoms with van der Waals surface area (Å²) in [6.07, 6.45) is 6.03. The van der Waals surface area contributed by atoms with E-state index in [1.165, 1.54) is 23.4 Å². The number of cyclic esters (lactones) is 1. The van der Waals surface area contributed by atoms with Gasteiger partial charge in [0.2, 0.25) is 5.95 Å². The van der Waals surface area contributed by atoms with Gasteiger partial charge in [0.1, 0.15) is 17.4 Å². The summed E-state index contributed by atoms with van der Waals surface area (Å²) in [5.74, 6) is 1.35. The Hall–Kier alpha value is -2.22. The van der Waals surface area contributed by atoms with E-state index in [2.05, 4.69) is 36.1 Å². The third-order valence-corrected chi connectivity index (χ3v) is 6.48. The summed E-state index contributed by atoms with van der Waals surface area (Å²) < 4.78 is 5.23. The molecule has 0 radical (unpaired) electrons. The van der Waals surface area contributed by atoms with Gasteiger partial charge < -0.3 is 10.1 Å². The standard InChI is InChI=1S/C19H25N5O2S/c1-11(2)14-10-26-19(25)24(14)16-8-9-20-18(23-16)21-12(3)17-22-13-6-4-5-7-15(13)27-17/h8-9,11-12,14H,4-7,10H2,1-3H3,(H,20,21,23)/t12?,14-/m1/s1. The summed E-state index contributed by atoms with van der Waals surface area (Å²) in [6.45, 7) is 6.62. The Balaban J connectivity index is 1.52. The van der Waals surface area contributed by atoms with Crippen molar-refractivity contribution >= 4 is 29.2 Å². The van der Waals surface area contributed by atoms with Gasteiger partial charge in [-0.2, -0.15) is 4.98 Å². The van der Waals surface area contributed by atoms with Gasteiger partial charge in [0.25, 0.3) is 0 Å². The highest BCUT2D eigenvalue weighted by molar-refractivity contribution is 7.11. The van der Waals surface area contributed by atoms with Crippen LogP contribution in [0, 0.1) is 5.92 Å². The zero-order valence-corrected chi connectivity index (χ0v) is 16.8. The van der Waals surface area contributed by atoms with Crippen LogP contribution in [-0.2, 0) is 17.6 Å². The van der Waals surface area contributed by atoms with Gasteiger partial charge in [-0.25, -0.2) is 14.8 Å². The highest BCUT2D eigenvalue weighted by Crippen LogP contribution is 2.31. The van der Waals surface area contributed by atoms with Gasteiger partial charge in [-0.15, -0.1) is 11.3 Å². The van der Waals surface area contributed by atoms with Crippen LogP contribution in [-0.4, -0.2) is 33.7 Å². The minimum atomic E-state index is -0.348. The third kappa shape index (κ3) is 3.63. The lowest BCUT2D eigenvalue weighted by Gasteiger charge is -2.23. The van der Waals surface area contributed by atoms with Crippen LogP contribution >= 0.6 is 11.3 Å². The molecule has 3 heterocycles. The molecule has 2 aromatic rings. The van der Waals surface area contributed by atoms with Crippen LogP contribution in [0.3, 0.4) is 0 Å². The number of nitrogens with zero attached hydrogens (tertiary/aromatic N) is 4. The molecule has 7 nitrogen and oxygen atoms in total. The van der Waals surface area contributed by atoms with Crippen molar-refractivity contribution in [2.45, 2.75) is 58.5 Å². The van der Waals surface area contributed by atoms with Crippen molar-refractivity contribution < 1.29 is 9.53 Å². The molecule has 2 aliphatic rings. The summed E-state index contributed by atoms with van der Waals surface area (Å²) >= 11 is 1.78. The van der Waals surface area contributed by atoms with Crippen LogP contribution in [0.15, 0.2) is 12.3 Å². The van der Waals surface area contributed by atoms with E-state index in [0.29, 0.717) is 18.4 Å². The van der Waals surface area contributed by atoms with Crippen LogP contribution in [0.2, 0.25) is 0 Å². The number of carbonyl (C=O) groups is 1. The van der Waals surface area contributed by atoms with Crippen molar-refractivity contribution in [3.63, 3.8) is 0 Å². The molecule has 144 valence electrons. The highest BCUT2D eigenvalue weighted by atomic mass is 32.1. The molecule has 0 saturated carbocycles. The number of aromatic nitrogens is 3. The van der Waals surface area contributed by atoms with Crippen LogP contribution in [0.25, 0.3) is 0 Å². The van der Waals surface area contributed by atoms with E-state index < -0.39 is 0 Å². The van der Waals surface area contributed by atoms with Crippen molar-refractivity contribution in [3.8, 4) is 0 Å². The number of rotatable bonds is 5. The Morgan fingerprint density at radius 1 is 1.26 bits per heavy atom. The first kappa shape index (κ1) is 18.2. The molecule has 4 rings (SSSR count). The molecule has 27 heavy (non-hydrogen) atoms. The van der Waals surface area contributed by atoms with E-state index in [9.17, 15) is 4.79 Å². The number of anilines is 2. The number of thiazole rings is 1. The Morgan fingerprint density at radius 3 is 2.85 bits per heavy atom. The molecular weight excluding hydrogens is 362 g/mol. The van der Waals surface area contributed by atoms with Gasteiger partial charge in [-0.3, -0.25) is 4.90 Å². The first-order valence-electron chi connectivity index (χ1n) is 9.57. The quantitative estimate of drug-likeness (QED) is 0.836. The maximum atomic E-state index is 12.2. The van der Waals surface area contributed by atoms with Crippen LogP contribution < -0.4 is 10.2 Å². The van der Waals surface area contributed by atoms with Gasteiger partial charge >= 0.3 is 6.09 Å². The largest absolute Gasteiger partial charge is 0.447 e. The summed E-state index contributed by atoms with van der Waals surface area (Å²) in [7, 11) is 0. The average molecular weight is 388 g/mol. The van der Waals surface area contributed by atoms with Crippen molar-refractivity contribution in [2.75, 3.05) is 16.8 Å². The summed E-state index contributed by atoms with van der Waals surface area (Å²) in [6, 6.07) is 1.76. The second kappa shape index (κ2) is 7.42. The van der Waals surface area contributed by atoms with Gasteiger partial charge in [0, 0.05) is 11.1 Å². The highest BCUT2D eigenvalue weighted by Gasteiger charge is 2.37. The predicted molar refractivity (Wildman–Crippen MR) is 105 cm³/mol. The Bertz CT molecular complexity index is 814. The first-order chi connectivity index (χ1) is 13.0. The van der Waals surface area contributed by atoms with Gasteiger partial charge in [-0.1, -0.05) is 13.8 Å². The first-order valence-corrected chi connectivity index (χ1v) is 10.4. The van der Waals surface area contributed by atoms with E-state index in [0.717, 1.165) is 17.8 Å². The van der Waals surface area contributed by atoms with Crippen LogP contribution in [0.5, 0.6) is 0 Å². The van der Waals surface area contributed by atoms with Crippen LogP contribution in [0.4, 0.5) is 16.6 Å². The topological polar surface area (TPSA) is 80.2 Å². The fourth-order valence-corrected chi connectivity index (χ4v) is 4.71. The maximum absolute atomic E-state index is 12.2. The van der Waals surface area contributed by atoms with E-state index in [1.54, 1.807) is 28.5 Å². The number of carbonyl (C=O) groups excluding carboxylic acids is 1. The second-order valence-electron chi connectivity index (χ2n) is 7.49. The fraction of sp³-hybridized carbons (Fsp3) is 0.579. The molecule has 1 unspecified atom stereocenters. The van der Waals surface area contributed by atoms with Gasteiger partial charge in [-0.05, 0) is 44.6 Å². The molecule has 1 amide bonds. The molecule has 0 spiro atoms. The van der Waals surface area contributed by atoms with Crippen LogP contribution in [0.1, 0.15) is 55.2 Å². The van der Waals surface area contributed by atoms with Gasteiger partial charge in [0.05, 0.1) is 17.8 Å². The number of fused-ring (bicyclic) bond motifs is 1. The molecule has 8 heteroatoms. The fourth-order valence-electron chi connectivity index (χ4n) is 3.56. The lowest BCUT2D eigenvalue weighted by atomic mass is 10.0. The summed E-state index contributed by atoms with van der Waals surface area (Å²) in [4.78, 5) is 28.9. The lowest BCUT2D eigenvalue weighted by Crippen LogP contribution is -2.37. The Morgan fingerprint density at radius 2 is 2.07 bits per heavy atom. The smallest absolute Gasteiger partial charge is 0.415 e. The average Bonchev–Trinajstić information content (AvgIpc) is 3.25. The molecular formula is C19H25N5O2S. The van der Waals surface area contributed by atoms with Crippen molar-refractivity contribution in [2.24, 2.45) is 5.92 Å². The molecule has 1 fully saturated rings. The number of aryl methyl sites for hydroxylation is 2. The predicted octanol–water partition coefficient (Wildman–Crippen LogP) is 3.97. The van der Waals surface area contributed by atoms with E-state index >= 15 is 0 Å². The summed E-state index contributed by atoms with van der Waals surface area (Å²) in [5.41, 5.74) is 1.25. The van der Waals surface area contributed by atoms with Crippen molar-refractivity contribution in [1.29, 1.82) is 0 Å². The van der Waals surface area contributed by atoms with E-state index in [4.69, 9.17) is 9.72 Å². The summed E-state index contributed by atoms with van der Waals surface area (Å²) in [5, 5.41) is 4.40. The molecule has 2 aromatic heterocycles. The van der Waals surface area contributed by atoms with E-state index in [-0.39, 0.29) is 24.1 Å². The SMILES string of the molecule is CC(Nc1nccc(N2C(=O)OC[C@@H]2C(C)C)n1)c1nc2c(s1)CCCC2. The second-order valence-corrected chi connectivity index (χ2v) is 8.61. The van der Waals surface area contributed by atoms with Crippen molar-refractivity contribution in [1.82, 2.24) is 15.0 Å². The molecule has 1 saturated heterocycles. The molecule has 0 bridgehead atoms. The third-order valence-electron chi connectivity index (χ3n) is 5.14. The Kier molecular flexibility index (Phi) is 4.99. The lowest BCUT2D eigenvalue weighted by molar-refractivity contribution is 0.177. The number of hydrogen-bond acceptors (Lipinski definition) is 7. The van der Waals surface area contributed by atoms with Crippen molar-refractivity contribution in [3.05, 3.63) is 27.8 Å².